The third kappa shape index (κ3) is 4.41. The van der Waals surface area contributed by atoms with E-state index in [1.54, 1.807) is 0 Å². The van der Waals surface area contributed by atoms with E-state index in [0.29, 0.717) is 18.0 Å². The van der Waals surface area contributed by atoms with E-state index in [9.17, 15) is 0 Å². The number of rotatable bonds is 7. The van der Waals surface area contributed by atoms with E-state index in [1.165, 1.54) is 11.3 Å². The minimum atomic E-state index is 0.489. The van der Waals surface area contributed by atoms with Crippen molar-refractivity contribution in [2.24, 2.45) is 5.92 Å². The highest BCUT2D eigenvalue weighted by Gasteiger charge is 2.17. The van der Waals surface area contributed by atoms with Crippen LogP contribution >= 0.6 is 11.3 Å². The predicted octanol–water partition coefficient (Wildman–Crippen LogP) is 3.38. The average molecular weight is 254 g/mol. The van der Waals surface area contributed by atoms with Crippen LogP contribution in [0.15, 0.2) is 17.5 Å². The SMILES string of the molecule is CCC(NCC(c1cccs1)N(C)C)C(C)C. The van der Waals surface area contributed by atoms with Crippen molar-refractivity contribution >= 4 is 11.3 Å². The van der Waals surface area contributed by atoms with Crippen molar-refractivity contribution in [1.29, 1.82) is 0 Å². The molecule has 17 heavy (non-hydrogen) atoms. The van der Waals surface area contributed by atoms with Gasteiger partial charge in [0.05, 0.1) is 6.04 Å². The van der Waals surface area contributed by atoms with Gasteiger partial charge < -0.3 is 10.2 Å². The number of hydrogen-bond acceptors (Lipinski definition) is 3. The van der Waals surface area contributed by atoms with Crippen LogP contribution in [0.5, 0.6) is 0 Å². The maximum atomic E-state index is 3.70. The van der Waals surface area contributed by atoms with Crippen molar-refractivity contribution < 1.29 is 0 Å². The second-order valence-corrected chi connectivity index (χ2v) is 6.14. The Labute approximate surface area is 110 Å². The molecule has 0 bridgehead atoms. The van der Waals surface area contributed by atoms with Gasteiger partial charge in [0.1, 0.15) is 0 Å². The lowest BCUT2D eigenvalue weighted by molar-refractivity contribution is 0.268. The van der Waals surface area contributed by atoms with Gasteiger partial charge in [0, 0.05) is 17.5 Å². The second kappa shape index (κ2) is 7.14. The molecule has 2 atom stereocenters. The van der Waals surface area contributed by atoms with Gasteiger partial charge in [-0.3, -0.25) is 0 Å². The first-order chi connectivity index (χ1) is 8.06. The molecule has 0 radical (unpaired) electrons. The minimum absolute atomic E-state index is 0.489. The number of thiophene rings is 1. The molecule has 0 aliphatic carbocycles. The Morgan fingerprint density at radius 3 is 2.47 bits per heavy atom. The van der Waals surface area contributed by atoms with Crippen LogP contribution in [-0.4, -0.2) is 31.6 Å². The zero-order valence-corrected chi connectivity index (χ0v) is 12.6. The summed E-state index contributed by atoms with van der Waals surface area (Å²) in [5, 5.41) is 5.86. The van der Waals surface area contributed by atoms with E-state index >= 15 is 0 Å². The summed E-state index contributed by atoms with van der Waals surface area (Å²) >= 11 is 1.85. The van der Waals surface area contributed by atoms with E-state index < -0.39 is 0 Å². The van der Waals surface area contributed by atoms with Gasteiger partial charge in [-0.1, -0.05) is 26.8 Å². The maximum Gasteiger partial charge on any atom is 0.0561 e. The van der Waals surface area contributed by atoms with E-state index in [0.717, 1.165) is 6.54 Å². The van der Waals surface area contributed by atoms with Crippen molar-refractivity contribution in [3.05, 3.63) is 22.4 Å². The molecule has 0 aromatic carbocycles. The lowest BCUT2D eigenvalue weighted by atomic mass is 10.0. The molecule has 0 amide bonds. The lowest BCUT2D eigenvalue weighted by Crippen LogP contribution is -2.39. The normalized spacial score (nSPS) is 15.5. The van der Waals surface area contributed by atoms with Crippen molar-refractivity contribution in [2.75, 3.05) is 20.6 Å². The molecule has 1 aromatic rings. The van der Waals surface area contributed by atoms with Gasteiger partial charge in [-0.2, -0.15) is 0 Å². The summed E-state index contributed by atoms with van der Waals surface area (Å²) in [4.78, 5) is 3.74. The molecule has 2 nitrogen and oxygen atoms in total. The van der Waals surface area contributed by atoms with Gasteiger partial charge in [0.25, 0.3) is 0 Å². The van der Waals surface area contributed by atoms with Crippen LogP contribution in [0.2, 0.25) is 0 Å². The topological polar surface area (TPSA) is 15.3 Å². The summed E-state index contributed by atoms with van der Waals surface area (Å²) in [6, 6.07) is 5.48. The summed E-state index contributed by atoms with van der Waals surface area (Å²) in [6.07, 6.45) is 1.20. The Hall–Kier alpha value is -0.380. The number of hydrogen-bond donors (Lipinski definition) is 1. The van der Waals surface area contributed by atoms with Crippen LogP contribution in [0, 0.1) is 5.92 Å². The minimum Gasteiger partial charge on any atom is -0.312 e. The van der Waals surface area contributed by atoms with Gasteiger partial charge in [-0.05, 0) is 37.9 Å². The fraction of sp³-hybridized carbons (Fsp3) is 0.714. The van der Waals surface area contributed by atoms with E-state index in [1.807, 2.05) is 11.3 Å². The maximum absolute atomic E-state index is 3.70. The van der Waals surface area contributed by atoms with Gasteiger partial charge in [0.15, 0.2) is 0 Å². The molecular formula is C14H26N2S. The van der Waals surface area contributed by atoms with E-state index in [4.69, 9.17) is 0 Å². The molecule has 0 aliphatic heterocycles. The zero-order chi connectivity index (χ0) is 12.8. The van der Waals surface area contributed by atoms with Crippen molar-refractivity contribution in [1.82, 2.24) is 10.2 Å². The Bertz CT molecular complexity index is 293. The first-order valence-electron chi connectivity index (χ1n) is 6.49. The molecule has 2 unspecified atom stereocenters. The largest absolute Gasteiger partial charge is 0.312 e. The summed E-state index contributed by atoms with van der Waals surface area (Å²) in [6.45, 7) is 7.87. The lowest BCUT2D eigenvalue weighted by Gasteiger charge is -2.28. The summed E-state index contributed by atoms with van der Waals surface area (Å²) in [5.74, 6) is 0.700. The Morgan fingerprint density at radius 1 is 1.35 bits per heavy atom. The molecule has 1 rings (SSSR count). The highest BCUT2D eigenvalue weighted by Crippen LogP contribution is 2.22. The highest BCUT2D eigenvalue weighted by molar-refractivity contribution is 7.10. The molecule has 98 valence electrons. The standard InChI is InChI=1S/C14H26N2S/c1-6-12(11(2)3)15-10-13(16(4)5)14-8-7-9-17-14/h7-9,11-13,15H,6,10H2,1-5H3. The van der Waals surface area contributed by atoms with Crippen molar-refractivity contribution in [3.8, 4) is 0 Å². The summed E-state index contributed by atoms with van der Waals surface area (Å²) in [5.41, 5.74) is 0. The fourth-order valence-corrected chi connectivity index (χ4v) is 3.06. The number of nitrogens with zero attached hydrogens (tertiary/aromatic N) is 1. The van der Waals surface area contributed by atoms with Crippen LogP contribution in [0.25, 0.3) is 0 Å². The molecule has 1 heterocycles. The van der Waals surface area contributed by atoms with Crippen LogP contribution in [-0.2, 0) is 0 Å². The first-order valence-corrected chi connectivity index (χ1v) is 7.37. The first kappa shape index (κ1) is 14.7. The van der Waals surface area contributed by atoms with Crippen LogP contribution in [0.3, 0.4) is 0 Å². The predicted molar refractivity (Wildman–Crippen MR) is 77.7 cm³/mol. The summed E-state index contributed by atoms with van der Waals surface area (Å²) < 4.78 is 0. The average Bonchev–Trinajstić information content (AvgIpc) is 2.76. The molecule has 1 N–H and O–H groups in total. The highest BCUT2D eigenvalue weighted by atomic mass is 32.1. The van der Waals surface area contributed by atoms with Crippen LogP contribution in [0.4, 0.5) is 0 Å². The van der Waals surface area contributed by atoms with Gasteiger partial charge in [0.2, 0.25) is 0 Å². The quantitative estimate of drug-likeness (QED) is 0.802. The van der Waals surface area contributed by atoms with E-state index in [-0.39, 0.29) is 0 Å². The zero-order valence-electron chi connectivity index (χ0n) is 11.7. The molecule has 0 aliphatic rings. The number of likely N-dealkylation sites (N-methyl/N-ethyl adjacent to an activating group) is 1. The monoisotopic (exact) mass is 254 g/mol. The summed E-state index contributed by atoms with van der Waals surface area (Å²) in [7, 11) is 4.31. The molecular weight excluding hydrogens is 228 g/mol. The van der Waals surface area contributed by atoms with Crippen molar-refractivity contribution in [2.45, 2.75) is 39.3 Å². The van der Waals surface area contributed by atoms with E-state index in [2.05, 4.69) is 62.6 Å². The van der Waals surface area contributed by atoms with Gasteiger partial charge >= 0.3 is 0 Å². The Kier molecular flexibility index (Phi) is 6.17. The fourth-order valence-electron chi connectivity index (χ4n) is 2.13. The van der Waals surface area contributed by atoms with Crippen LogP contribution < -0.4 is 5.32 Å². The third-order valence-electron chi connectivity index (χ3n) is 3.31. The third-order valence-corrected chi connectivity index (χ3v) is 4.29. The molecule has 1 aromatic heterocycles. The van der Waals surface area contributed by atoms with Gasteiger partial charge in [-0.15, -0.1) is 11.3 Å². The second-order valence-electron chi connectivity index (χ2n) is 5.16. The Morgan fingerprint density at radius 2 is 2.06 bits per heavy atom. The molecule has 0 fully saturated rings. The number of nitrogens with one attached hydrogen (secondary N) is 1. The molecule has 0 saturated heterocycles. The molecule has 0 spiro atoms. The van der Waals surface area contributed by atoms with Crippen LogP contribution in [0.1, 0.15) is 38.1 Å². The molecule has 0 saturated carbocycles. The molecule has 3 heteroatoms. The smallest absolute Gasteiger partial charge is 0.0561 e. The Balaban J connectivity index is 2.57. The van der Waals surface area contributed by atoms with Gasteiger partial charge in [-0.25, -0.2) is 0 Å². The van der Waals surface area contributed by atoms with Crippen molar-refractivity contribution in [3.63, 3.8) is 0 Å².